The molecule has 6 heteroatoms. The maximum Gasteiger partial charge on any atom is 0.181 e. The van der Waals surface area contributed by atoms with E-state index in [1.165, 1.54) is 11.3 Å². The lowest BCUT2D eigenvalue weighted by molar-refractivity contribution is 0.415. The van der Waals surface area contributed by atoms with Crippen LogP contribution in [-0.2, 0) is 0 Å². The predicted molar refractivity (Wildman–Crippen MR) is 93.6 cm³/mol. The fraction of sp³-hybridized carbons (Fsp3) is 0.0588. The number of thiazole rings is 1. The van der Waals surface area contributed by atoms with E-state index in [2.05, 4.69) is 27.3 Å². The monoisotopic (exact) mass is 322 g/mol. The van der Waals surface area contributed by atoms with Crippen LogP contribution in [-0.4, -0.2) is 22.3 Å². The molecule has 0 saturated heterocycles. The van der Waals surface area contributed by atoms with Crippen LogP contribution in [0.4, 0.5) is 5.13 Å². The SMILES string of the molecule is COc1cccc(-c2nc(N)sc2-c2ccc3[nH]ncc3c2)c1. The highest BCUT2D eigenvalue weighted by Gasteiger charge is 2.15. The average Bonchev–Trinajstić information content (AvgIpc) is 3.20. The van der Waals surface area contributed by atoms with Crippen molar-refractivity contribution in [1.29, 1.82) is 0 Å². The minimum Gasteiger partial charge on any atom is -0.497 e. The van der Waals surface area contributed by atoms with Crippen molar-refractivity contribution in [3.05, 3.63) is 48.7 Å². The van der Waals surface area contributed by atoms with Gasteiger partial charge in [-0.25, -0.2) is 4.98 Å². The number of fused-ring (bicyclic) bond motifs is 1. The largest absolute Gasteiger partial charge is 0.497 e. The first-order valence-corrected chi connectivity index (χ1v) is 7.90. The van der Waals surface area contributed by atoms with E-state index in [1.54, 1.807) is 7.11 Å². The van der Waals surface area contributed by atoms with Gasteiger partial charge in [0.1, 0.15) is 5.75 Å². The number of nitrogens with two attached hydrogens (primary N) is 1. The number of aromatic nitrogens is 3. The molecule has 5 nitrogen and oxygen atoms in total. The van der Waals surface area contributed by atoms with E-state index in [4.69, 9.17) is 10.5 Å². The summed E-state index contributed by atoms with van der Waals surface area (Å²) in [4.78, 5) is 5.56. The molecule has 0 aliphatic carbocycles. The highest BCUT2D eigenvalue weighted by atomic mass is 32.1. The van der Waals surface area contributed by atoms with Crippen LogP contribution < -0.4 is 10.5 Å². The molecule has 0 atom stereocenters. The molecule has 0 bridgehead atoms. The van der Waals surface area contributed by atoms with Crippen molar-refractivity contribution >= 4 is 27.4 Å². The Morgan fingerprint density at radius 1 is 1.13 bits per heavy atom. The van der Waals surface area contributed by atoms with Crippen molar-refractivity contribution < 1.29 is 4.74 Å². The molecular weight excluding hydrogens is 308 g/mol. The Bertz CT molecular complexity index is 989. The van der Waals surface area contributed by atoms with Gasteiger partial charge in [0.2, 0.25) is 0 Å². The third kappa shape index (κ3) is 2.43. The number of benzene rings is 2. The zero-order chi connectivity index (χ0) is 15.8. The number of anilines is 1. The lowest BCUT2D eigenvalue weighted by Crippen LogP contribution is -1.87. The summed E-state index contributed by atoms with van der Waals surface area (Å²) >= 11 is 1.48. The van der Waals surface area contributed by atoms with Gasteiger partial charge in [0.05, 0.1) is 29.4 Å². The molecule has 0 amide bonds. The minimum absolute atomic E-state index is 0.546. The van der Waals surface area contributed by atoms with Gasteiger partial charge in [-0.3, -0.25) is 5.10 Å². The van der Waals surface area contributed by atoms with E-state index in [0.29, 0.717) is 5.13 Å². The number of hydrogen-bond donors (Lipinski definition) is 2. The molecule has 2 aromatic heterocycles. The normalized spacial score (nSPS) is 11.0. The number of rotatable bonds is 3. The van der Waals surface area contributed by atoms with E-state index >= 15 is 0 Å². The van der Waals surface area contributed by atoms with E-state index in [-0.39, 0.29) is 0 Å². The van der Waals surface area contributed by atoms with Crippen molar-refractivity contribution in [3.63, 3.8) is 0 Å². The molecule has 0 saturated carbocycles. The van der Waals surface area contributed by atoms with Gasteiger partial charge in [-0.1, -0.05) is 29.5 Å². The molecule has 4 rings (SSSR count). The number of nitrogen functional groups attached to an aromatic ring is 1. The Hall–Kier alpha value is -2.86. The first-order chi connectivity index (χ1) is 11.2. The Labute approximate surface area is 136 Å². The topological polar surface area (TPSA) is 76.8 Å². The average molecular weight is 322 g/mol. The standard InChI is InChI=1S/C17H14N4OS/c1-22-13-4-2-3-10(8-13)15-16(23-17(18)20-15)11-5-6-14-12(7-11)9-19-21-14/h2-9H,1H3,(H2,18,20)(H,19,21). The summed E-state index contributed by atoms with van der Waals surface area (Å²) < 4.78 is 5.31. The molecule has 2 aromatic carbocycles. The summed E-state index contributed by atoms with van der Waals surface area (Å²) in [7, 11) is 1.66. The smallest absolute Gasteiger partial charge is 0.181 e. The van der Waals surface area contributed by atoms with Crippen molar-refractivity contribution in [2.45, 2.75) is 0 Å². The second kappa shape index (κ2) is 5.40. The predicted octanol–water partition coefficient (Wildman–Crippen LogP) is 3.94. The van der Waals surface area contributed by atoms with Crippen LogP contribution >= 0.6 is 11.3 Å². The van der Waals surface area contributed by atoms with Gasteiger partial charge in [0.25, 0.3) is 0 Å². The Morgan fingerprint density at radius 2 is 2.04 bits per heavy atom. The third-order valence-corrected chi connectivity index (χ3v) is 4.62. The first-order valence-electron chi connectivity index (χ1n) is 7.09. The van der Waals surface area contributed by atoms with Crippen LogP contribution in [0.3, 0.4) is 0 Å². The van der Waals surface area contributed by atoms with Gasteiger partial charge in [-0.2, -0.15) is 5.10 Å². The lowest BCUT2D eigenvalue weighted by Gasteiger charge is -2.05. The Balaban J connectivity index is 1.88. The second-order valence-electron chi connectivity index (χ2n) is 5.13. The second-order valence-corrected chi connectivity index (χ2v) is 6.16. The van der Waals surface area contributed by atoms with Crippen LogP contribution in [0, 0.1) is 0 Å². The van der Waals surface area contributed by atoms with Gasteiger partial charge in [-0.05, 0) is 29.8 Å². The van der Waals surface area contributed by atoms with Crippen LogP contribution in [0.5, 0.6) is 5.75 Å². The number of H-pyrrole nitrogens is 1. The van der Waals surface area contributed by atoms with E-state index < -0.39 is 0 Å². The van der Waals surface area contributed by atoms with Gasteiger partial charge in [0.15, 0.2) is 5.13 Å². The van der Waals surface area contributed by atoms with Gasteiger partial charge in [-0.15, -0.1) is 0 Å². The van der Waals surface area contributed by atoms with Crippen LogP contribution in [0.15, 0.2) is 48.7 Å². The van der Waals surface area contributed by atoms with Crippen LogP contribution in [0.1, 0.15) is 0 Å². The minimum atomic E-state index is 0.546. The van der Waals surface area contributed by atoms with Crippen LogP contribution in [0.25, 0.3) is 32.6 Å². The summed E-state index contributed by atoms with van der Waals surface area (Å²) in [5.41, 5.74) is 9.91. The number of nitrogens with zero attached hydrogens (tertiary/aromatic N) is 2. The molecule has 23 heavy (non-hydrogen) atoms. The number of nitrogens with one attached hydrogen (secondary N) is 1. The number of ether oxygens (including phenoxy) is 1. The van der Waals surface area contributed by atoms with Gasteiger partial charge < -0.3 is 10.5 Å². The molecule has 0 unspecified atom stereocenters. The van der Waals surface area contributed by atoms with Gasteiger partial charge >= 0.3 is 0 Å². The zero-order valence-corrected chi connectivity index (χ0v) is 13.2. The molecule has 114 valence electrons. The summed E-state index contributed by atoms with van der Waals surface area (Å²) in [6.07, 6.45) is 1.81. The molecule has 3 N–H and O–H groups in total. The Morgan fingerprint density at radius 3 is 2.91 bits per heavy atom. The highest BCUT2D eigenvalue weighted by Crippen LogP contribution is 2.39. The molecule has 0 aliphatic heterocycles. The fourth-order valence-corrected chi connectivity index (χ4v) is 3.43. The Kier molecular flexibility index (Phi) is 3.24. The van der Waals surface area contributed by atoms with Crippen molar-refractivity contribution in [2.24, 2.45) is 0 Å². The molecular formula is C17H14N4OS. The number of aromatic amines is 1. The zero-order valence-electron chi connectivity index (χ0n) is 12.4. The molecule has 0 fully saturated rings. The molecule has 0 spiro atoms. The van der Waals surface area contributed by atoms with Crippen molar-refractivity contribution in [2.75, 3.05) is 12.8 Å². The van der Waals surface area contributed by atoms with Gasteiger partial charge in [0, 0.05) is 10.9 Å². The van der Waals surface area contributed by atoms with Crippen molar-refractivity contribution in [3.8, 4) is 27.4 Å². The summed E-state index contributed by atoms with van der Waals surface area (Å²) in [5.74, 6) is 0.797. The van der Waals surface area contributed by atoms with Crippen molar-refractivity contribution in [1.82, 2.24) is 15.2 Å². The number of methoxy groups -OCH3 is 1. The third-order valence-electron chi connectivity index (χ3n) is 3.69. The maximum atomic E-state index is 5.97. The quantitative estimate of drug-likeness (QED) is 0.599. The first kappa shape index (κ1) is 13.8. The summed E-state index contributed by atoms with van der Waals surface area (Å²) in [5, 5.41) is 8.64. The summed E-state index contributed by atoms with van der Waals surface area (Å²) in [6, 6.07) is 14.0. The highest BCUT2D eigenvalue weighted by molar-refractivity contribution is 7.19. The maximum absolute atomic E-state index is 5.97. The van der Waals surface area contributed by atoms with E-state index in [1.807, 2.05) is 36.5 Å². The molecule has 0 radical (unpaired) electrons. The number of hydrogen-bond acceptors (Lipinski definition) is 5. The molecule has 2 heterocycles. The van der Waals surface area contributed by atoms with Crippen LogP contribution in [0.2, 0.25) is 0 Å². The summed E-state index contributed by atoms with van der Waals surface area (Å²) in [6.45, 7) is 0. The lowest BCUT2D eigenvalue weighted by atomic mass is 10.1. The van der Waals surface area contributed by atoms with E-state index in [9.17, 15) is 0 Å². The molecule has 4 aromatic rings. The molecule has 0 aliphatic rings. The fourth-order valence-electron chi connectivity index (χ4n) is 2.58. The van der Waals surface area contributed by atoms with E-state index in [0.717, 1.165) is 38.4 Å².